The van der Waals surface area contributed by atoms with E-state index in [1.807, 2.05) is 75.4 Å². The van der Waals surface area contributed by atoms with Crippen molar-refractivity contribution in [2.24, 2.45) is 0 Å². The number of carbonyl (C=O) groups excluding carboxylic acids is 2. The van der Waals surface area contributed by atoms with Gasteiger partial charge in [0.1, 0.15) is 6.04 Å². The summed E-state index contributed by atoms with van der Waals surface area (Å²) in [5.74, 6) is -0.158. The number of nitrogens with one attached hydrogen (secondary N) is 1. The lowest BCUT2D eigenvalue weighted by Crippen LogP contribution is -2.49. The van der Waals surface area contributed by atoms with Crippen molar-refractivity contribution < 1.29 is 9.59 Å². The molecule has 0 bridgehead atoms. The summed E-state index contributed by atoms with van der Waals surface area (Å²) in [7, 11) is 0. The van der Waals surface area contributed by atoms with Crippen molar-refractivity contribution in [2.45, 2.75) is 59.2 Å². The van der Waals surface area contributed by atoms with Crippen molar-refractivity contribution >= 4 is 11.8 Å². The molecule has 2 aromatic carbocycles. The van der Waals surface area contributed by atoms with Gasteiger partial charge in [-0.3, -0.25) is 9.59 Å². The van der Waals surface area contributed by atoms with Gasteiger partial charge in [0.15, 0.2) is 0 Å². The smallest absolute Gasteiger partial charge is 0.242 e. The molecule has 4 heteroatoms. The first kappa shape index (κ1) is 20.7. The lowest BCUT2D eigenvalue weighted by Gasteiger charge is -2.30. The first-order chi connectivity index (χ1) is 12.9. The van der Waals surface area contributed by atoms with Crippen LogP contribution in [0.25, 0.3) is 0 Å². The van der Waals surface area contributed by atoms with E-state index in [-0.39, 0.29) is 24.3 Å². The first-order valence-electron chi connectivity index (χ1n) is 9.60. The molecule has 4 nitrogen and oxygen atoms in total. The highest BCUT2D eigenvalue weighted by Crippen LogP contribution is 2.13. The second-order valence-electron chi connectivity index (χ2n) is 7.17. The second-order valence-corrected chi connectivity index (χ2v) is 7.17. The number of amides is 2. The number of aryl methyl sites for hydroxylation is 1. The van der Waals surface area contributed by atoms with Gasteiger partial charge in [0, 0.05) is 12.6 Å². The van der Waals surface area contributed by atoms with Gasteiger partial charge >= 0.3 is 0 Å². The van der Waals surface area contributed by atoms with Gasteiger partial charge in [0.2, 0.25) is 11.8 Å². The number of hydrogen-bond acceptors (Lipinski definition) is 2. The number of rotatable bonds is 8. The van der Waals surface area contributed by atoms with Crippen molar-refractivity contribution in [1.82, 2.24) is 10.2 Å². The molecule has 2 amide bonds. The molecule has 0 fully saturated rings. The molecule has 2 rings (SSSR count). The van der Waals surface area contributed by atoms with E-state index >= 15 is 0 Å². The largest absolute Gasteiger partial charge is 0.352 e. The van der Waals surface area contributed by atoms with Crippen LogP contribution in [0.2, 0.25) is 0 Å². The number of carbonyl (C=O) groups is 2. The van der Waals surface area contributed by atoms with Gasteiger partial charge in [-0.1, -0.05) is 67.1 Å². The van der Waals surface area contributed by atoms with Gasteiger partial charge in [0.05, 0.1) is 6.42 Å². The SMILES string of the molecule is CCC(C)NC(=O)C(C)N(Cc1ccccc1)C(=O)Cc1cccc(C)c1. The molecule has 0 aliphatic heterocycles. The van der Waals surface area contributed by atoms with Crippen molar-refractivity contribution in [1.29, 1.82) is 0 Å². The van der Waals surface area contributed by atoms with Crippen LogP contribution in [0.3, 0.4) is 0 Å². The highest BCUT2D eigenvalue weighted by molar-refractivity contribution is 5.88. The van der Waals surface area contributed by atoms with Crippen molar-refractivity contribution in [3.05, 3.63) is 71.3 Å². The molecule has 0 saturated heterocycles. The highest BCUT2D eigenvalue weighted by Gasteiger charge is 2.26. The minimum atomic E-state index is -0.531. The van der Waals surface area contributed by atoms with Crippen LogP contribution in [-0.4, -0.2) is 28.8 Å². The van der Waals surface area contributed by atoms with E-state index in [2.05, 4.69) is 5.32 Å². The molecule has 0 aliphatic rings. The van der Waals surface area contributed by atoms with Crippen molar-refractivity contribution in [2.75, 3.05) is 0 Å². The maximum absolute atomic E-state index is 13.1. The molecule has 0 heterocycles. The average Bonchev–Trinajstić information content (AvgIpc) is 2.66. The van der Waals surface area contributed by atoms with Gasteiger partial charge < -0.3 is 10.2 Å². The van der Waals surface area contributed by atoms with E-state index in [4.69, 9.17) is 0 Å². The maximum Gasteiger partial charge on any atom is 0.242 e. The van der Waals surface area contributed by atoms with Crippen LogP contribution in [0.5, 0.6) is 0 Å². The molecule has 2 unspecified atom stereocenters. The lowest BCUT2D eigenvalue weighted by molar-refractivity contribution is -0.140. The van der Waals surface area contributed by atoms with E-state index in [0.717, 1.165) is 23.1 Å². The predicted octanol–water partition coefficient (Wildman–Crippen LogP) is 3.87. The second kappa shape index (κ2) is 9.91. The molecule has 0 aliphatic carbocycles. The fourth-order valence-corrected chi connectivity index (χ4v) is 2.93. The maximum atomic E-state index is 13.1. The Morgan fingerprint density at radius 3 is 2.30 bits per heavy atom. The van der Waals surface area contributed by atoms with Gasteiger partial charge in [0.25, 0.3) is 0 Å². The third-order valence-electron chi connectivity index (χ3n) is 4.80. The molecule has 1 N–H and O–H groups in total. The fourth-order valence-electron chi connectivity index (χ4n) is 2.93. The number of nitrogens with zero attached hydrogens (tertiary/aromatic N) is 1. The highest BCUT2D eigenvalue weighted by atomic mass is 16.2. The quantitative estimate of drug-likeness (QED) is 0.771. The van der Waals surface area contributed by atoms with Crippen LogP contribution < -0.4 is 5.32 Å². The summed E-state index contributed by atoms with van der Waals surface area (Å²) in [5.41, 5.74) is 3.10. The Kier molecular flexibility index (Phi) is 7.59. The average molecular weight is 367 g/mol. The zero-order valence-electron chi connectivity index (χ0n) is 16.7. The normalized spacial score (nSPS) is 12.9. The van der Waals surface area contributed by atoms with Gasteiger partial charge in [-0.05, 0) is 38.3 Å². The van der Waals surface area contributed by atoms with Crippen LogP contribution in [0, 0.1) is 6.92 Å². The van der Waals surface area contributed by atoms with E-state index in [1.54, 1.807) is 11.8 Å². The standard InChI is InChI=1S/C23H30N2O2/c1-5-18(3)24-23(27)19(4)25(16-20-11-7-6-8-12-20)22(26)15-21-13-9-10-17(2)14-21/h6-14,18-19H,5,15-16H2,1-4H3,(H,24,27). The van der Waals surface area contributed by atoms with Crippen molar-refractivity contribution in [3.63, 3.8) is 0 Å². The lowest BCUT2D eigenvalue weighted by atomic mass is 10.1. The first-order valence-corrected chi connectivity index (χ1v) is 9.60. The predicted molar refractivity (Wildman–Crippen MR) is 109 cm³/mol. The summed E-state index contributed by atoms with van der Waals surface area (Å²) in [6.45, 7) is 8.23. The molecule has 2 aromatic rings. The van der Waals surface area contributed by atoms with Crippen LogP contribution >= 0.6 is 0 Å². The molecule has 0 aromatic heterocycles. The Morgan fingerprint density at radius 1 is 1.00 bits per heavy atom. The Labute approximate surface area is 162 Å². The zero-order chi connectivity index (χ0) is 19.8. The molecule has 2 atom stereocenters. The van der Waals surface area contributed by atoms with Gasteiger partial charge in [-0.2, -0.15) is 0 Å². The molecule has 0 spiro atoms. The monoisotopic (exact) mass is 366 g/mol. The third kappa shape index (κ3) is 6.24. The molecule has 0 radical (unpaired) electrons. The molecule has 144 valence electrons. The summed E-state index contributed by atoms with van der Waals surface area (Å²) in [4.78, 5) is 27.4. The van der Waals surface area contributed by atoms with Gasteiger partial charge in [-0.25, -0.2) is 0 Å². The Bertz CT molecular complexity index is 758. The van der Waals surface area contributed by atoms with Crippen molar-refractivity contribution in [3.8, 4) is 0 Å². The van der Waals surface area contributed by atoms with Crippen LogP contribution in [0.15, 0.2) is 54.6 Å². The number of benzene rings is 2. The topological polar surface area (TPSA) is 49.4 Å². The Hall–Kier alpha value is -2.62. The number of hydrogen-bond donors (Lipinski definition) is 1. The Morgan fingerprint density at radius 2 is 1.67 bits per heavy atom. The summed E-state index contributed by atoms with van der Waals surface area (Å²) in [5, 5.41) is 2.99. The van der Waals surface area contributed by atoms with E-state index in [1.165, 1.54) is 0 Å². The third-order valence-corrected chi connectivity index (χ3v) is 4.80. The molecule has 0 saturated carbocycles. The van der Waals surface area contributed by atoms with Crippen LogP contribution in [0.4, 0.5) is 0 Å². The summed E-state index contributed by atoms with van der Waals surface area (Å²) < 4.78 is 0. The summed E-state index contributed by atoms with van der Waals surface area (Å²) >= 11 is 0. The van der Waals surface area contributed by atoms with E-state index < -0.39 is 6.04 Å². The summed E-state index contributed by atoms with van der Waals surface area (Å²) in [6, 6.07) is 17.3. The minimum absolute atomic E-state index is 0.0451. The van der Waals surface area contributed by atoms with Gasteiger partial charge in [-0.15, -0.1) is 0 Å². The molecule has 27 heavy (non-hydrogen) atoms. The molecular formula is C23H30N2O2. The van der Waals surface area contributed by atoms with E-state index in [9.17, 15) is 9.59 Å². The summed E-state index contributed by atoms with van der Waals surface area (Å²) in [6.07, 6.45) is 1.14. The van der Waals surface area contributed by atoms with Crippen LogP contribution in [-0.2, 0) is 22.6 Å². The minimum Gasteiger partial charge on any atom is -0.352 e. The van der Waals surface area contributed by atoms with Crippen LogP contribution in [0.1, 0.15) is 43.9 Å². The zero-order valence-corrected chi connectivity index (χ0v) is 16.7. The molecular weight excluding hydrogens is 336 g/mol. The Balaban J connectivity index is 2.20. The van der Waals surface area contributed by atoms with E-state index in [0.29, 0.717) is 6.54 Å². The fraction of sp³-hybridized carbons (Fsp3) is 0.391.